The van der Waals surface area contributed by atoms with Gasteiger partial charge in [-0.2, -0.15) is 0 Å². The summed E-state index contributed by atoms with van der Waals surface area (Å²) in [6.45, 7) is 8.53. The van der Waals surface area contributed by atoms with Crippen LogP contribution in [-0.4, -0.2) is 15.8 Å². The third-order valence-electron chi connectivity index (χ3n) is 3.93. The fraction of sp³-hybridized carbons (Fsp3) is 0.200. The van der Waals surface area contributed by atoms with E-state index in [1.165, 1.54) is 28.2 Å². The first-order chi connectivity index (χ1) is 11.0. The van der Waals surface area contributed by atoms with Gasteiger partial charge in [-0.15, -0.1) is 0 Å². The lowest BCUT2D eigenvalue weighted by atomic mass is 10.1. The Labute approximate surface area is 137 Å². The molecule has 0 amide bonds. The molecule has 0 N–H and O–H groups in total. The number of benzene rings is 1. The smallest absolute Gasteiger partial charge is 0.0813 e. The molecule has 0 atom stereocenters. The topological polar surface area (TPSA) is 30.2 Å². The average molecular weight is 303 g/mol. The van der Waals surface area contributed by atoms with E-state index in [1.807, 2.05) is 18.3 Å². The molecule has 0 aliphatic carbocycles. The summed E-state index contributed by atoms with van der Waals surface area (Å²) in [6.07, 6.45) is 5.43. The van der Waals surface area contributed by atoms with Gasteiger partial charge in [0.1, 0.15) is 0 Å². The second-order valence-electron chi connectivity index (χ2n) is 5.98. The quantitative estimate of drug-likeness (QED) is 0.636. The zero-order valence-corrected chi connectivity index (χ0v) is 14.0. The van der Waals surface area contributed by atoms with Crippen LogP contribution in [0.2, 0.25) is 0 Å². The molecule has 3 rings (SSSR count). The van der Waals surface area contributed by atoms with Crippen LogP contribution in [0.4, 0.5) is 5.69 Å². The predicted octanol–water partition coefficient (Wildman–Crippen LogP) is 4.86. The van der Waals surface area contributed by atoms with E-state index < -0.39 is 0 Å². The second kappa shape index (κ2) is 6.21. The summed E-state index contributed by atoms with van der Waals surface area (Å²) in [6, 6.07) is 12.7. The average Bonchev–Trinajstić information content (AvgIpc) is 2.79. The maximum atomic E-state index is 4.52. The normalized spacial score (nSPS) is 11.3. The van der Waals surface area contributed by atoms with Gasteiger partial charge in [-0.1, -0.05) is 6.07 Å². The summed E-state index contributed by atoms with van der Waals surface area (Å²) in [5.41, 5.74) is 8.16. The standard InChI is InChI=1S/C20H21N3/c1-14-8-15(2)10-20(9-14)23-16(3)11-18(17(23)4)12-22-19-6-5-7-21-13-19/h5-13H,1-4H3. The minimum atomic E-state index is 0.865. The molecule has 0 aliphatic heterocycles. The third kappa shape index (κ3) is 3.24. The molecule has 1 aromatic carbocycles. The maximum absolute atomic E-state index is 4.52. The van der Waals surface area contributed by atoms with Crippen molar-refractivity contribution in [2.24, 2.45) is 4.99 Å². The summed E-state index contributed by atoms with van der Waals surface area (Å²) in [7, 11) is 0. The Morgan fingerprint density at radius 1 is 1.00 bits per heavy atom. The second-order valence-corrected chi connectivity index (χ2v) is 5.98. The van der Waals surface area contributed by atoms with E-state index in [0.717, 1.165) is 11.3 Å². The number of rotatable bonds is 3. The minimum Gasteiger partial charge on any atom is -0.318 e. The van der Waals surface area contributed by atoms with Crippen molar-refractivity contribution in [1.29, 1.82) is 0 Å². The van der Waals surface area contributed by atoms with Crippen LogP contribution in [0, 0.1) is 27.7 Å². The van der Waals surface area contributed by atoms with Gasteiger partial charge in [0.15, 0.2) is 0 Å². The molecule has 2 aromatic heterocycles. The Morgan fingerprint density at radius 2 is 1.74 bits per heavy atom. The SMILES string of the molecule is Cc1cc(C)cc(-n2c(C)cc(C=Nc3cccnc3)c2C)c1. The van der Waals surface area contributed by atoms with Crippen LogP contribution in [0.15, 0.2) is 53.8 Å². The number of hydrogen-bond acceptors (Lipinski definition) is 2. The van der Waals surface area contributed by atoms with Crippen molar-refractivity contribution in [3.8, 4) is 5.69 Å². The largest absolute Gasteiger partial charge is 0.318 e. The van der Waals surface area contributed by atoms with Gasteiger partial charge in [-0.05, 0) is 69.2 Å². The molecule has 0 spiro atoms. The Kier molecular flexibility index (Phi) is 4.11. The number of aromatic nitrogens is 2. The van der Waals surface area contributed by atoms with Gasteiger partial charge in [-0.25, -0.2) is 0 Å². The van der Waals surface area contributed by atoms with Crippen LogP contribution < -0.4 is 0 Å². The van der Waals surface area contributed by atoms with E-state index in [0.29, 0.717) is 0 Å². The minimum absolute atomic E-state index is 0.865. The van der Waals surface area contributed by atoms with Gasteiger partial charge in [0, 0.05) is 35.1 Å². The molecule has 0 saturated carbocycles. The molecule has 0 unspecified atom stereocenters. The van der Waals surface area contributed by atoms with Crippen molar-refractivity contribution in [1.82, 2.24) is 9.55 Å². The van der Waals surface area contributed by atoms with Crippen molar-refractivity contribution in [3.05, 3.63) is 76.9 Å². The first-order valence-corrected chi connectivity index (χ1v) is 7.76. The van der Waals surface area contributed by atoms with E-state index in [9.17, 15) is 0 Å². The fourth-order valence-electron chi connectivity index (χ4n) is 2.97. The molecule has 0 saturated heterocycles. The Hall–Kier alpha value is -2.68. The Bertz CT molecular complexity index is 838. The molecule has 0 fully saturated rings. The monoisotopic (exact) mass is 303 g/mol. The highest BCUT2D eigenvalue weighted by Crippen LogP contribution is 2.22. The number of aryl methyl sites for hydroxylation is 3. The molecule has 0 aliphatic rings. The van der Waals surface area contributed by atoms with Crippen LogP contribution in [0.1, 0.15) is 28.1 Å². The molecule has 0 radical (unpaired) electrons. The zero-order chi connectivity index (χ0) is 16.4. The molecule has 23 heavy (non-hydrogen) atoms. The number of pyridine rings is 1. The molecular formula is C20H21N3. The zero-order valence-electron chi connectivity index (χ0n) is 14.0. The lowest BCUT2D eigenvalue weighted by Crippen LogP contribution is -2.00. The molecule has 2 heterocycles. The Balaban J connectivity index is 2.01. The van der Waals surface area contributed by atoms with Crippen molar-refractivity contribution < 1.29 is 0 Å². The highest BCUT2D eigenvalue weighted by molar-refractivity contribution is 5.84. The van der Waals surface area contributed by atoms with E-state index in [2.05, 4.69) is 66.5 Å². The fourth-order valence-corrected chi connectivity index (χ4v) is 2.97. The summed E-state index contributed by atoms with van der Waals surface area (Å²) in [5, 5.41) is 0. The van der Waals surface area contributed by atoms with Crippen LogP contribution >= 0.6 is 0 Å². The molecule has 3 heteroatoms. The van der Waals surface area contributed by atoms with Gasteiger partial charge in [0.25, 0.3) is 0 Å². The predicted molar refractivity (Wildman–Crippen MR) is 96.2 cm³/mol. The number of nitrogens with zero attached hydrogens (tertiary/aromatic N) is 3. The van der Waals surface area contributed by atoms with Crippen LogP contribution in [-0.2, 0) is 0 Å². The molecule has 3 nitrogen and oxygen atoms in total. The lowest BCUT2D eigenvalue weighted by molar-refractivity contribution is 0.960. The van der Waals surface area contributed by atoms with Gasteiger partial charge >= 0.3 is 0 Å². The third-order valence-corrected chi connectivity index (χ3v) is 3.93. The number of aliphatic imine (C=N–C) groups is 1. The molecular weight excluding hydrogens is 282 g/mol. The van der Waals surface area contributed by atoms with Crippen LogP contribution in [0.3, 0.4) is 0 Å². The molecule has 3 aromatic rings. The summed E-state index contributed by atoms with van der Waals surface area (Å²) in [5.74, 6) is 0. The maximum Gasteiger partial charge on any atom is 0.0813 e. The first kappa shape index (κ1) is 15.2. The van der Waals surface area contributed by atoms with E-state index >= 15 is 0 Å². The first-order valence-electron chi connectivity index (χ1n) is 7.76. The molecule has 0 bridgehead atoms. The van der Waals surface area contributed by atoms with Crippen LogP contribution in [0.25, 0.3) is 5.69 Å². The summed E-state index contributed by atoms with van der Waals surface area (Å²) >= 11 is 0. The summed E-state index contributed by atoms with van der Waals surface area (Å²) in [4.78, 5) is 8.61. The molecule has 116 valence electrons. The highest BCUT2D eigenvalue weighted by Gasteiger charge is 2.10. The van der Waals surface area contributed by atoms with Crippen molar-refractivity contribution in [3.63, 3.8) is 0 Å². The van der Waals surface area contributed by atoms with Crippen molar-refractivity contribution >= 4 is 11.9 Å². The van der Waals surface area contributed by atoms with Crippen LogP contribution in [0.5, 0.6) is 0 Å². The van der Waals surface area contributed by atoms with Crippen molar-refractivity contribution in [2.45, 2.75) is 27.7 Å². The van der Waals surface area contributed by atoms with Gasteiger partial charge in [-0.3, -0.25) is 9.98 Å². The van der Waals surface area contributed by atoms with E-state index in [4.69, 9.17) is 0 Å². The van der Waals surface area contributed by atoms with E-state index in [1.54, 1.807) is 12.4 Å². The van der Waals surface area contributed by atoms with Gasteiger partial charge in [0.2, 0.25) is 0 Å². The highest BCUT2D eigenvalue weighted by atomic mass is 15.0. The van der Waals surface area contributed by atoms with Gasteiger partial charge < -0.3 is 4.57 Å². The Morgan fingerprint density at radius 3 is 2.39 bits per heavy atom. The van der Waals surface area contributed by atoms with Crippen molar-refractivity contribution in [2.75, 3.05) is 0 Å². The lowest BCUT2D eigenvalue weighted by Gasteiger charge is -2.11. The number of hydrogen-bond donors (Lipinski definition) is 0. The summed E-state index contributed by atoms with van der Waals surface area (Å²) < 4.78 is 2.28. The van der Waals surface area contributed by atoms with E-state index in [-0.39, 0.29) is 0 Å². The van der Waals surface area contributed by atoms with Gasteiger partial charge in [0.05, 0.1) is 11.9 Å².